The quantitative estimate of drug-likeness (QED) is 0.405. The van der Waals surface area contributed by atoms with Crippen LogP contribution in [0.15, 0.2) is 51.4 Å². The lowest BCUT2D eigenvalue weighted by Gasteiger charge is -2.06. The van der Waals surface area contributed by atoms with E-state index in [0.29, 0.717) is 0 Å². The van der Waals surface area contributed by atoms with E-state index in [-0.39, 0.29) is 0 Å². The van der Waals surface area contributed by atoms with Crippen LogP contribution in [0.5, 0.6) is 0 Å². The van der Waals surface area contributed by atoms with Gasteiger partial charge in [-0.25, -0.2) is 4.98 Å². The number of benzene rings is 2. The first kappa shape index (κ1) is 11.6. The van der Waals surface area contributed by atoms with E-state index in [1.165, 1.54) is 22.1 Å². The molecule has 0 fully saturated rings. The SMILES string of the molecule is Brc1cc(Br)c2nc3c(cc2c1)Cc1ccccc1-3. The second-order valence-corrected chi connectivity index (χ2v) is 6.56. The third-order valence-electron chi connectivity index (χ3n) is 3.57. The third-order valence-corrected chi connectivity index (χ3v) is 4.63. The summed E-state index contributed by atoms with van der Waals surface area (Å²) in [6.45, 7) is 0. The van der Waals surface area contributed by atoms with Crippen molar-refractivity contribution in [1.29, 1.82) is 0 Å². The summed E-state index contributed by atoms with van der Waals surface area (Å²) in [7, 11) is 0. The Morgan fingerprint density at radius 3 is 2.68 bits per heavy atom. The number of fused-ring (bicyclic) bond motifs is 4. The lowest BCUT2D eigenvalue weighted by molar-refractivity contribution is 1.25. The summed E-state index contributed by atoms with van der Waals surface area (Å²) in [6.07, 6.45) is 0.985. The zero-order valence-corrected chi connectivity index (χ0v) is 13.1. The second-order valence-electron chi connectivity index (χ2n) is 4.79. The van der Waals surface area contributed by atoms with E-state index in [1.807, 2.05) is 6.07 Å². The highest BCUT2D eigenvalue weighted by Crippen LogP contribution is 2.38. The first-order valence-corrected chi connectivity index (χ1v) is 7.68. The summed E-state index contributed by atoms with van der Waals surface area (Å²) in [5.41, 5.74) is 6.12. The van der Waals surface area contributed by atoms with Crippen LogP contribution in [0.25, 0.3) is 22.2 Å². The maximum atomic E-state index is 4.87. The highest BCUT2D eigenvalue weighted by Gasteiger charge is 2.20. The van der Waals surface area contributed by atoms with Crippen molar-refractivity contribution in [3.05, 3.63) is 62.5 Å². The van der Waals surface area contributed by atoms with Gasteiger partial charge in [0.25, 0.3) is 0 Å². The zero-order chi connectivity index (χ0) is 13.0. The maximum Gasteiger partial charge on any atom is 0.0852 e. The smallest absolute Gasteiger partial charge is 0.0852 e. The molecule has 0 radical (unpaired) electrons. The first-order valence-electron chi connectivity index (χ1n) is 6.09. The molecule has 0 aliphatic heterocycles. The molecule has 2 aromatic carbocycles. The molecule has 1 aliphatic carbocycles. The van der Waals surface area contributed by atoms with Crippen molar-refractivity contribution in [3.63, 3.8) is 0 Å². The van der Waals surface area contributed by atoms with Crippen molar-refractivity contribution in [2.45, 2.75) is 6.42 Å². The van der Waals surface area contributed by atoms with E-state index < -0.39 is 0 Å². The summed E-state index contributed by atoms with van der Waals surface area (Å²) < 4.78 is 2.10. The normalized spacial score (nSPS) is 12.5. The second kappa shape index (κ2) is 4.15. The number of nitrogens with zero attached hydrogens (tertiary/aromatic N) is 1. The molecule has 1 heterocycles. The Kier molecular flexibility index (Phi) is 2.54. The van der Waals surface area contributed by atoms with Gasteiger partial charge < -0.3 is 0 Å². The van der Waals surface area contributed by atoms with Gasteiger partial charge in [0.15, 0.2) is 0 Å². The molecular formula is C16H9Br2N. The predicted octanol–water partition coefficient (Wildman–Crippen LogP) is 5.33. The minimum Gasteiger partial charge on any atom is -0.246 e. The van der Waals surface area contributed by atoms with Crippen LogP contribution in [0.2, 0.25) is 0 Å². The van der Waals surface area contributed by atoms with Crippen molar-refractivity contribution < 1.29 is 0 Å². The van der Waals surface area contributed by atoms with Gasteiger partial charge in [0.1, 0.15) is 0 Å². The lowest BCUT2D eigenvalue weighted by Crippen LogP contribution is -1.88. The number of hydrogen-bond donors (Lipinski definition) is 0. The minimum atomic E-state index is 0.985. The van der Waals surface area contributed by atoms with Crippen LogP contribution >= 0.6 is 31.9 Å². The molecule has 0 N–H and O–H groups in total. The average Bonchev–Trinajstić information content (AvgIpc) is 2.74. The van der Waals surface area contributed by atoms with Gasteiger partial charge in [-0.05, 0) is 45.3 Å². The molecule has 92 valence electrons. The Bertz CT molecular complexity index is 824. The fraction of sp³-hybridized carbons (Fsp3) is 0.0625. The molecule has 1 aliphatic rings. The maximum absolute atomic E-state index is 4.87. The van der Waals surface area contributed by atoms with Gasteiger partial charge in [-0.3, -0.25) is 0 Å². The number of hydrogen-bond acceptors (Lipinski definition) is 1. The number of halogens is 2. The van der Waals surface area contributed by atoms with Crippen LogP contribution in [-0.2, 0) is 6.42 Å². The monoisotopic (exact) mass is 373 g/mol. The van der Waals surface area contributed by atoms with E-state index in [1.54, 1.807) is 0 Å². The molecule has 1 nitrogen and oxygen atoms in total. The Morgan fingerprint density at radius 1 is 0.947 bits per heavy atom. The summed E-state index contributed by atoms with van der Waals surface area (Å²) in [4.78, 5) is 4.87. The van der Waals surface area contributed by atoms with Crippen molar-refractivity contribution in [3.8, 4) is 11.3 Å². The highest BCUT2D eigenvalue weighted by atomic mass is 79.9. The predicted molar refractivity (Wildman–Crippen MR) is 85.4 cm³/mol. The van der Waals surface area contributed by atoms with Crippen LogP contribution in [0.3, 0.4) is 0 Å². The Balaban J connectivity index is 2.07. The molecule has 0 bridgehead atoms. The minimum absolute atomic E-state index is 0.985. The summed E-state index contributed by atoms with van der Waals surface area (Å²) in [6, 6.07) is 14.9. The van der Waals surface area contributed by atoms with E-state index in [0.717, 1.165) is 26.6 Å². The molecule has 3 heteroatoms. The van der Waals surface area contributed by atoms with Crippen molar-refractivity contribution in [2.75, 3.05) is 0 Å². The molecular weight excluding hydrogens is 366 g/mol. The number of aromatic nitrogens is 1. The van der Waals surface area contributed by atoms with Gasteiger partial charge >= 0.3 is 0 Å². The van der Waals surface area contributed by atoms with E-state index >= 15 is 0 Å². The van der Waals surface area contributed by atoms with Gasteiger partial charge in [0.2, 0.25) is 0 Å². The first-order chi connectivity index (χ1) is 9.22. The van der Waals surface area contributed by atoms with Crippen molar-refractivity contribution in [2.24, 2.45) is 0 Å². The largest absolute Gasteiger partial charge is 0.246 e. The van der Waals surface area contributed by atoms with Crippen LogP contribution in [0.1, 0.15) is 11.1 Å². The Hall–Kier alpha value is -1.19. The topological polar surface area (TPSA) is 12.9 Å². The third kappa shape index (κ3) is 1.76. The van der Waals surface area contributed by atoms with Gasteiger partial charge in [-0.1, -0.05) is 40.2 Å². The Morgan fingerprint density at radius 2 is 1.79 bits per heavy atom. The number of pyridine rings is 1. The molecule has 0 saturated carbocycles. The van der Waals surface area contributed by atoms with Crippen molar-refractivity contribution >= 4 is 42.8 Å². The molecule has 0 atom stereocenters. The van der Waals surface area contributed by atoms with Crippen LogP contribution in [0.4, 0.5) is 0 Å². The van der Waals surface area contributed by atoms with Crippen LogP contribution in [0, 0.1) is 0 Å². The molecule has 0 saturated heterocycles. The van der Waals surface area contributed by atoms with E-state index in [4.69, 9.17) is 4.98 Å². The Labute approximate surface area is 127 Å². The van der Waals surface area contributed by atoms with Crippen LogP contribution in [-0.4, -0.2) is 4.98 Å². The van der Waals surface area contributed by atoms with Gasteiger partial charge in [-0.15, -0.1) is 0 Å². The molecule has 0 unspecified atom stereocenters. The summed E-state index contributed by atoms with van der Waals surface area (Å²) in [5.74, 6) is 0. The molecule has 0 spiro atoms. The van der Waals surface area contributed by atoms with Gasteiger partial charge in [-0.2, -0.15) is 0 Å². The highest BCUT2D eigenvalue weighted by molar-refractivity contribution is 9.11. The lowest BCUT2D eigenvalue weighted by atomic mass is 10.1. The van der Waals surface area contributed by atoms with E-state index in [2.05, 4.69) is 68.3 Å². The zero-order valence-electron chi connectivity index (χ0n) is 9.95. The molecule has 4 rings (SSSR count). The molecule has 19 heavy (non-hydrogen) atoms. The molecule has 0 amide bonds. The van der Waals surface area contributed by atoms with Crippen LogP contribution < -0.4 is 0 Å². The fourth-order valence-corrected chi connectivity index (χ4v) is 4.08. The summed E-state index contributed by atoms with van der Waals surface area (Å²) >= 11 is 7.14. The van der Waals surface area contributed by atoms with Gasteiger partial charge in [0, 0.05) is 26.3 Å². The van der Waals surface area contributed by atoms with Crippen molar-refractivity contribution in [1.82, 2.24) is 4.98 Å². The fourth-order valence-electron chi connectivity index (χ4n) is 2.73. The molecule has 3 aromatic rings. The summed E-state index contributed by atoms with van der Waals surface area (Å²) in [5, 5.41) is 1.17. The average molecular weight is 375 g/mol. The van der Waals surface area contributed by atoms with Gasteiger partial charge in [0.05, 0.1) is 11.2 Å². The van der Waals surface area contributed by atoms with E-state index in [9.17, 15) is 0 Å². The standard InChI is InChI=1S/C16H9Br2N/c17-12-7-11-6-10-5-9-3-1-2-4-13(9)15(10)19-16(11)14(18)8-12/h1-4,6-8H,5H2. The number of rotatable bonds is 0. The molecule has 1 aromatic heterocycles.